The summed E-state index contributed by atoms with van der Waals surface area (Å²) in [4.78, 5) is 12.8. The van der Waals surface area contributed by atoms with E-state index < -0.39 is 12.2 Å². The van der Waals surface area contributed by atoms with E-state index >= 15 is 0 Å². The molecule has 0 saturated carbocycles. The van der Waals surface area contributed by atoms with Crippen LogP contribution in [-0.4, -0.2) is 27.8 Å². The second kappa shape index (κ2) is 8.26. The number of halogens is 2. The van der Waals surface area contributed by atoms with Crippen molar-refractivity contribution in [3.8, 4) is 0 Å². The van der Waals surface area contributed by atoms with Crippen LogP contribution >= 0.6 is 15.9 Å². The molecule has 128 valence electrons. The van der Waals surface area contributed by atoms with E-state index in [0.29, 0.717) is 5.56 Å². The van der Waals surface area contributed by atoms with Crippen LogP contribution in [0.3, 0.4) is 0 Å². The molecule has 0 fully saturated rings. The maximum Gasteiger partial charge on any atom is 0.407 e. The topological polar surface area (TPSA) is 60.8 Å². The van der Waals surface area contributed by atoms with Crippen LogP contribution < -0.4 is 0 Å². The van der Waals surface area contributed by atoms with Gasteiger partial charge < -0.3 is 15.1 Å². The lowest BCUT2D eigenvalue weighted by Crippen LogP contribution is -2.33. The molecule has 0 heterocycles. The first-order valence-electron chi connectivity index (χ1n) is 7.57. The molecular formula is C18H19BrFNO3. The van der Waals surface area contributed by atoms with Crippen LogP contribution in [0.5, 0.6) is 0 Å². The molecule has 2 rings (SSSR count). The highest BCUT2D eigenvalue weighted by atomic mass is 79.9. The molecule has 2 aromatic carbocycles. The van der Waals surface area contributed by atoms with Crippen LogP contribution in [0, 0.1) is 5.82 Å². The van der Waals surface area contributed by atoms with Crippen LogP contribution in [0.1, 0.15) is 36.6 Å². The average molecular weight is 396 g/mol. The zero-order chi connectivity index (χ0) is 17.7. The molecule has 0 aliphatic heterocycles. The summed E-state index contributed by atoms with van der Waals surface area (Å²) in [5.41, 5.74) is 1.44. The summed E-state index contributed by atoms with van der Waals surface area (Å²) >= 11 is 3.35. The van der Waals surface area contributed by atoms with Crippen molar-refractivity contribution in [1.82, 2.24) is 4.90 Å². The minimum atomic E-state index is -1.04. The average Bonchev–Trinajstić information content (AvgIpc) is 2.55. The maximum atomic E-state index is 12.9. The highest BCUT2D eigenvalue weighted by Crippen LogP contribution is 2.25. The molecule has 2 atom stereocenters. The van der Waals surface area contributed by atoms with Gasteiger partial charge in [-0.2, -0.15) is 0 Å². The van der Waals surface area contributed by atoms with Gasteiger partial charge in [0.25, 0.3) is 0 Å². The molecule has 0 saturated heterocycles. The second-order valence-corrected chi connectivity index (χ2v) is 6.48. The number of rotatable bonds is 6. The zero-order valence-corrected chi connectivity index (χ0v) is 14.8. The van der Waals surface area contributed by atoms with Gasteiger partial charge in [0.1, 0.15) is 5.82 Å². The van der Waals surface area contributed by atoms with E-state index in [9.17, 15) is 19.4 Å². The van der Waals surface area contributed by atoms with Crippen molar-refractivity contribution in [3.63, 3.8) is 0 Å². The molecule has 2 aromatic rings. The van der Waals surface area contributed by atoms with Crippen molar-refractivity contribution in [2.45, 2.75) is 25.5 Å². The Hall–Kier alpha value is -1.92. The van der Waals surface area contributed by atoms with E-state index in [1.165, 1.54) is 29.2 Å². The van der Waals surface area contributed by atoms with Crippen molar-refractivity contribution in [2.24, 2.45) is 0 Å². The van der Waals surface area contributed by atoms with Gasteiger partial charge in [0.15, 0.2) is 0 Å². The van der Waals surface area contributed by atoms with E-state index in [-0.39, 0.29) is 24.8 Å². The lowest BCUT2D eigenvalue weighted by atomic mass is 10.0. The molecule has 0 aromatic heterocycles. The first-order chi connectivity index (χ1) is 11.4. The van der Waals surface area contributed by atoms with E-state index in [4.69, 9.17) is 0 Å². The number of nitrogens with zero attached hydrogens (tertiary/aromatic N) is 1. The van der Waals surface area contributed by atoms with Crippen molar-refractivity contribution in [1.29, 1.82) is 0 Å². The Kier molecular flexibility index (Phi) is 6.34. The van der Waals surface area contributed by atoms with Crippen LogP contribution in [0.2, 0.25) is 0 Å². The number of aliphatic hydroxyl groups is 1. The SMILES string of the molecule is C[C@@H](c1ccc(Br)cc1)N(CCC(O)c1ccc(F)cc1)C(=O)O. The Bertz CT molecular complexity index is 676. The Morgan fingerprint density at radius 1 is 1.12 bits per heavy atom. The predicted octanol–water partition coefficient (Wildman–Crippen LogP) is 4.75. The van der Waals surface area contributed by atoms with Crippen molar-refractivity contribution in [3.05, 3.63) is 69.9 Å². The molecule has 1 amide bonds. The van der Waals surface area contributed by atoms with E-state index in [1.807, 2.05) is 31.2 Å². The van der Waals surface area contributed by atoms with Gasteiger partial charge in [-0.1, -0.05) is 40.2 Å². The first kappa shape index (κ1) is 18.4. The largest absolute Gasteiger partial charge is 0.465 e. The van der Waals surface area contributed by atoms with Crippen LogP contribution in [-0.2, 0) is 0 Å². The van der Waals surface area contributed by atoms with Gasteiger partial charge in [0.05, 0.1) is 12.1 Å². The molecule has 0 radical (unpaired) electrons. The number of aliphatic hydroxyl groups excluding tert-OH is 1. The third-order valence-corrected chi connectivity index (χ3v) is 4.49. The summed E-state index contributed by atoms with van der Waals surface area (Å²) in [5.74, 6) is -0.373. The quantitative estimate of drug-likeness (QED) is 0.741. The maximum absolute atomic E-state index is 12.9. The Morgan fingerprint density at radius 3 is 2.21 bits per heavy atom. The van der Waals surface area contributed by atoms with Gasteiger partial charge in [-0.05, 0) is 48.7 Å². The zero-order valence-electron chi connectivity index (χ0n) is 13.2. The predicted molar refractivity (Wildman–Crippen MR) is 93.3 cm³/mol. The Balaban J connectivity index is 2.04. The van der Waals surface area contributed by atoms with Crippen LogP contribution in [0.25, 0.3) is 0 Å². The molecular weight excluding hydrogens is 377 g/mol. The number of amides is 1. The second-order valence-electron chi connectivity index (χ2n) is 5.56. The van der Waals surface area contributed by atoms with Crippen molar-refractivity contribution < 1.29 is 19.4 Å². The van der Waals surface area contributed by atoms with Gasteiger partial charge >= 0.3 is 6.09 Å². The lowest BCUT2D eigenvalue weighted by molar-refractivity contribution is 0.106. The fourth-order valence-electron chi connectivity index (χ4n) is 2.49. The third-order valence-electron chi connectivity index (χ3n) is 3.96. The molecule has 0 aliphatic rings. The van der Waals surface area contributed by atoms with Gasteiger partial charge in [-0.15, -0.1) is 0 Å². The number of carboxylic acid groups (broad SMARTS) is 1. The summed E-state index contributed by atoms with van der Waals surface area (Å²) in [6.45, 7) is 1.98. The summed E-state index contributed by atoms with van der Waals surface area (Å²) in [7, 11) is 0. The first-order valence-corrected chi connectivity index (χ1v) is 8.36. The highest BCUT2D eigenvalue weighted by Gasteiger charge is 2.22. The number of carbonyl (C=O) groups is 1. The number of hydrogen-bond acceptors (Lipinski definition) is 2. The molecule has 0 bridgehead atoms. The third kappa shape index (κ3) is 4.79. The molecule has 0 spiro atoms. The fraction of sp³-hybridized carbons (Fsp3) is 0.278. The number of benzene rings is 2. The molecule has 0 aliphatic carbocycles. The number of hydrogen-bond donors (Lipinski definition) is 2. The molecule has 2 N–H and O–H groups in total. The van der Waals surface area contributed by atoms with Crippen molar-refractivity contribution in [2.75, 3.05) is 6.54 Å². The molecule has 1 unspecified atom stereocenters. The van der Waals surface area contributed by atoms with Gasteiger partial charge in [-0.3, -0.25) is 0 Å². The van der Waals surface area contributed by atoms with Crippen molar-refractivity contribution >= 4 is 22.0 Å². The summed E-state index contributed by atoms with van der Waals surface area (Å²) in [6, 6.07) is 12.7. The smallest absolute Gasteiger partial charge is 0.407 e. The summed E-state index contributed by atoms with van der Waals surface area (Å²) in [6.07, 6.45) is -1.65. The van der Waals surface area contributed by atoms with Crippen LogP contribution in [0.15, 0.2) is 53.0 Å². The summed E-state index contributed by atoms with van der Waals surface area (Å²) in [5, 5.41) is 19.6. The lowest BCUT2D eigenvalue weighted by Gasteiger charge is -2.28. The van der Waals surface area contributed by atoms with E-state index in [0.717, 1.165) is 10.0 Å². The molecule has 6 heteroatoms. The minimum Gasteiger partial charge on any atom is -0.465 e. The minimum absolute atomic E-state index is 0.172. The Labute approximate surface area is 148 Å². The van der Waals surface area contributed by atoms with E-state index in [2.05, 4.69) is 15.9 Å². The highest BCUT2D eigenvalue weighted by molar-refractivity contribution is 9.10. The molecule has 4 nitrogen and oxygen atoms in total. The van der Waals surface area contributed by atoms with E-state index in [1.54, 1.807) is 0 Å². The summed E-state index contributed by atoms with van der Waals surface area (Å²) < 4.78 is 13.8. The standard InChI is InChI=1S/C18H19BrFNO3/c1-12(13-2-6-15(19)7-3-13)21(18(23)24)11-10-17(22)14-4-8-16(20)9-5-14/h2-9,12,17,22H,10-11H2,1H3,(H,23,24)/t12-,17?/m0/s1. The Morgan fingerprint density at radius 2 is 1.67 bits per heavy atom. The fourth-order valence-corrected chi connectivity index (χ4v) is 2.75. The van der Waals surface area contributed by atoms with Crippen LogP contribution in [0.4, 0.5) is 9.18 Å². The van der Waals surface area contributed by atoms with Gasteiger partial charge in [0, 0.05) is 11.0 Å². The molecule has 24 heavy (non-hydrogen) atoms. The van der Waals surface area contributed by atoms with Gasteiger partial charge in [0.2, 0.25) is 0 Å². The normalized spacial score (nSPS) is 13.3. The monoisotopic (exact) mass is 395 g/mol. The van der Waals surface area contributed by atoms with Gasteiger partial charge in [-0.25, -0.2) is 9.18 Å².